The first kappa shape index (κ1) is 19.3. The molecule has 1 atom stereocenters. The van der Waals surface area contributed by atoms with Crippen LogP contribution in [0.15, 0.2) is 59.1 Å². The molecule has 2 heterocycles. The van der Waals surface area contributed by atoms with Gasteiger partial charge in [0.05, 0.1) is 12.3 Å². The number of hydrogen-bond acceptors (Lipinski definition) is 6. The summed E-state index contributed by atoms with van der Waals surface area (Å²) in [4.78, 5) is 4.45. The second kappa shape index (κ2) is 7.85. The highest BCUT2D eigenvalue weighted by molar-refractivity contribution is 7.88. The molecule has 0 radical (unpaired) electrons. The van der Waals surface area contributed by atoms with Gasteiger partial charge in [0.15, 0.2) is 0 Å². The highest BCUT2D eigenvalue weighted by Gasteiger charge is 2.33. The summed E-state index contributed by atoms with van der Waals surface area (Å²) in [6, 6.07) is 16.8. The molecule has 5 rings (SSSR count). The Morgan fingerprint density at radius 3 is 2.53 bits per heavy atom. The van der Waals surface area contributed by atoms with E-state index in [1.807, 2.05) is 54.6 Å². The minimum atomic E-state index is -3.35. The van der Waals surface area contributed by atoms with Crippen LogP contribution in [0.5, 0.6) is 5.75 Å². The lowest BCUT2D eigenvalue weighted by Crippen LogP contribution is -2.32. The van der Waals surface area contributed by atoms with E-state index < -0.39 is 10.0 Å². The van der Waals surface area contributed by atoms with Gasteiger partial charge in [-0.3, -0.25) is 0 Å². The van der Waals surface area contributed by atoms with E-state index in [9.17, 15) is 8.42 Å². The van der Waals surface area contributed by atoms with Gasteiger partial charge in [-0.2, -0.15) is 9.29 Å². The van der Waals surface area contributed by atoms with E-state index >= 15 is 0 Å². The molecule has 0 bridgehead atoms. The van der Waals surface area contributed by atoms with Crippen molar-refractivity contribution in [2.75, 3.05) is 13.1 Å². The maximum atomic E-state index is 12.7. The molecule has 8 heteroatoms. The van der Waals surface area contributed by atoms with Crippen LogP contribution in [0.1, 0.15) is 36.6 Å². The zero-order valence-corrected chi connectivity index (χ0v) is 17.3. The first-order valence-electron chi connectivity index (χ1n) is 10.2. The molecule has 30 heavy (non-hydrogen) atoms. The molecular formula is C22H23N3O4S. The van der Waals surface area contributed by atoms with Crippen LogP contribution in [0.25, 0.3) is 11.4 Å². The summed E-state index contributed by atoms with van der Waals surface area (Å²) in [6.07, 6.45) is 2.75. The molecule has 1 saturated heterocycles. The molecule has 3 aromatic rings. The Labute approximate surface area is 175 Å². The SMILES string of the molecule is O=S(=O)(Cc1ccccc1)N1CCC(Oc2ccc(-c3noc(C4CC4)n3)cc2)C1. The van der Waals surface area contributed by atoms with Crippen LogP contribution in [0.2, 0.25) is 0 Å². The number of hydrogen-bond donors (Lipinski definition) is 0. The Balaban J connectivity index is 1.19. The molecule has 1 unspecified atom stereocenters. The fourth-order valence-corrected chi connectivity index (χ4v) is 5.22. The zero-order chi connectivity index (χ0) is 20.6. The van der Waals surface area contributed by atoms with Gasteiger partial charge in [0, 0.05) is 18.0 Å². The van der Waals surface area contributed by atoms with Gasteiger partial charge in [-0.05, 0) is 49.1 Å². The number of rotatable bonds is 7. The third-order valence-corrected chi connectivity index (χ3v) is 7.29. The third-order valence-electron chi connectivity index (χ3n) is 5.48. The van der Waals surface area contributed by atoms with E-state index in [0.29, 0.717) is 42.9 Å². The normalized spacial score (nSPS) is 19.8. The molecule has 1 saturated carbocycles. The van der Waals surface area contributed by atoms with E-state index in [0.717, 1.165) is 24.0 Å². The van der Waals surface area contributed by atoms with Crippen molar-refractivity contribution in [3.63, 3.8) is 0 Å². The smallest absolute Gasteiger partial charge is 0.230 e. The lowest BCUT2D eigenvalue weighted by Gasteiger charge is -2.17. The summed E-state index contributed by atoms with van der Waals surface area (Å²) in [7, 11) is -3.35. The molecule has 1 aliphatic carbocycles. The van der Waals surface area contributed by atoms with Gasteiger partial charge in [-0.1, -0.05) is 35.5 Å². The standard InChI is InChI=1S/C22H23N3O4S/c26-30(27,15-16-4-2-1-3-5-16)25-13-12-20(14-25)28-19-10-8-17(9-11-19)21-23-22(29-24-21)18-6-7-18/h1-5,8-11,18,20H,6-7,12-15H2. The molecular weight excluding hydrogens is 402 g/mol. The second-order valence-corrected chi connectivity index (χ2v) is 9.85. The number of aromatic nitrogens is 2. The largest absolute Gasteiger partial charge is 0.489 e. The molecule has 2 aliphatic rings. The highest BCUT2D eigenvalue weighted by atomic mass is 32.2. The summed E-state index contributed by atoms with van der Waals surface area (Å²) >= 11 is 0. The molecule has 0 amide bonds. The van der Waals surface area contributed by atoms with E-state index in [-0.39, 0.29) is 11.9 Å². The van der Waals surface area contributed by atoms with Crippen LogP contribution in [0.3, 0.4) is 0 Å². The average Bonchev–Trinajstić information content (AvgIpc) is 3.28. The van der Waals surface area contributed by atoms with Crippen LogP contribution in [0, 0.1) is 0 Å². The quantitative estimate of drug-likeness (QED) is 0.575. The van der Waals surface area contributed by atoms with Gasteiger partial charge in [0.2, 0.25) is 21.7 Å². The Morgan fingerprint density at radius 1 is 1.03 bits per heavy atom. The first-order chi connectivity index (χ1) is 14.6. The molecule has 7 nitrogen and oxygen atoms in total. The van der Waals surface area contributed by atoms with Crippen LogP contribution in [-0.2, 0) is 15.8 Å². The van der Waals surface area contributed by atoms with Crippen LogP contribution in [-0.4, -0.2) is 42.1 Å². The molecule has 156 valence electrons. The summed E-state index contributed by atoms with van der Waals surface area (Å²) in [6.45, 7) is 0.844. The van der Waals surface area contributed by atoms with Gasteiger partial charge in [0.1, 0.15) is 11.9 Å². The second-order valence-electron chi connectivity index (χ2n) is 7.88. The number of benzene rings is 2. The maximum Gasteiger partial charge on any atom is 0.230 e. The van der Waals surface area contributed by atoms with Crippen molar-refractivity contribution >= 4 is 10.0 Å². The molecule has 1 aromatic heterocycles. The Hall–Kier alpha value is -2.71. The molecule has 0 N–H and O–H groups in total. The topological polar surface area (TPSA) is 85.5 Å². The van der Waals surface area contributed by atoms with Crippen molar-refractivity contribution in [2.45, 2.75) is 37.0 Å². The van der Waals surface area contributed by atoms with Gasteiger partial charge in [-0.25, -0.2) is 8.42 Å². The average molecular weight is 426 g/mol. The summed E-state index contributed by atoms with van der Waals surface area (Å²) in [5.41, 5.74) is 1.67. The van der Waals surface area contributed by atoms with E-state index in [1.54, 1.807) is 0 Å². The van der Waals surface area contributed by atoms with Gasteiger partial charge >= 0.3 is 0 Å². The van der Waals surface area contributed by atoms with Crippen LogP contribution < -0.4 is 4.74 Å². The van der Waals surface area contributed by atoms with Crippen molar-refractivity contribution in [1.29, 1.82) is 0 Å². The van der Waals surface area contributed by atoms with Crippen molar-refractivity contribution < 1.29 is 17.7 Å². The summed E-state index contributed by atoms with van der Waals surface area (Å²) in [5.74, 6) is 2.45. The summed E-state index contributed by atoms with van der Waals surface area (Å²) < 4.78 is 38.3. The molecule has 0 spiro atoms. The van der Waals surface area contributed by atoms with Crippen LogP contribution >= 0.6 is 0 Å². The van der Waals surface area contributed by atoms with E-state index in [4.69, 9.17) is 9.26 Å². The monoisotopic (exact) mass is 425 g/mol. The van der Waals surface area contributed by atoms with Gasteiger partial charge < -0.3 is 9.26 Å². The molecule has 1 aliphatic heterocycles. The maximum absolute atomic E-state index is 12.7. The number of sulfonamides is 1. The minimum Gasteiger partial charge on any atom is -0.489 e. The molecule has 2 fully saturated rings. The lowest BCUT2D eigenvalue weighted by molar-refractivity contribution is 0.215. The fourth-order valence-electron chi connectivity index (χ4n) is 3.65. The highest BCUT2D eigenvalue weighted by Crippen LogP contribution is 2.39. The predicted octanol–water partition coefficient (Wildman–Crippen LogP) is 3.60. The zero-order valence-electron chi connectivity index (χ0n) is 16.5. The Morgan fingerprint density at radius 2 is 1.80 bits per heavy atom. The third kappa shape index (κ3) is 4.24. The fraction of sp³-hybridized carbons (Fsp3) is 0.364. The van der Waals surface area contributed by atoms with Crippen molar-refractivity contribution in [1.82, 2.24) is 14.4 Å². The lowest BCUT2D eigenvalue weighted by atomic mass is 10.2. The Bertz CT molecular complexity index is 1110. The van der Waals surface area contributed by atoms with Gasteiger partial charge in [-0.15, -0.1) is 0 Å². The number of ether oxygens (including phenoxy) is 1. The van der Waals surface area contributed by atoms with E-state index in [2.05, 4.69) is 10.1 Å². The Kier molecular flexibility index (Phi) is 5.04. The first-order valence-corrected chi connectivity index (χ1v) is 11.8. The van der Waals surface area contributed by atoms with E-state index in [1.165, 1.54) is 4.31 Å². The van der Waals surface area contributed by atoms with Crippen molar-refractivity contribution in [3.05, 3.63) is 66.1 Å². The predicted molar refractivity (Wildman–Crippen MR) is 111 cm³/mol. The van der Waals surface area contributed by atoms with Crippen molar-refractivity contribution in [2.24, 2.45) is 0 Å². The van der Waals surface area contributed by atoms with Crippen LogP contribution in [0.4, 0.5) is 0 Å². The van der Waals surface area contributed by atoms with Crippen molar-refractivity contribution in [3.8, 4) is 17.1 Å². The molecule has 2 aromatic carbocycles. The van der Waals surface area contributed by atoms with Gasteiger partial charge in [0.25, 0.3) is 0 Å². The minimum absolute atomic E-state index is 0.0167. The summed E-state index contributed by atoms with van der Waals surface area (Å²) in [5, 5.41) is 4.05. The number of nitrogens with zero attached hydrogens (tertiary/aromatic N) is 3.